The molecule has 0 aliphatic heterocycles. The van der Waals surface area contributed by atoms with Gasteiger partial charge in [0.1, 0.15) is 17.3 Å². The molecule has 0 fully saturated rings. The van der Waals surface area contributed by atoms with Gasteiger partial charge in [0.2, 0.25) is 0 Å². The number of carbonyl (C=O) groups is 1. The van der Waals surface area contributed by atoms with Crippen LogP contribution in [0, 0.1) is 6.92 Å². The van der Waals surface area contributed by atoms with Gasteiger partial charge in [0.15, 0.2) is 0 Å². The Balaban J connectivity index is 1.74. The summed E-state index contributed by atoms with van der Waals surface area (Å²) in [5.74, 6) is 0.706. The molecule has 1 aromatic heterocycles. The number of halogens is 2. The van der Waals surface area contributed by atoms with Crippen molar-refractivity contribution in [3.63, 3.8) is 0 Å². The van der Waals surface area contributed by atoms with Gasteiger partial charge in [-0.3, -0.25) is 4.79 Å². The zero-order chi connectivity index (χ0) is 18.5. The number of anilines is 2. The average molecular weight is 387 g/mol. The van der Waals surface area contributed by atoms with Crippen molar-refractivity contribution < 1.29 is 4.79 Å². The van der Waals surface area contributed by atoms with Crippen molar-refractivity contribution in [2.45, 2.75) is 13.5 Å². The predicted molar refractivity (Wildman–Crippen MR) is 105 cm³/mol. The molecule has 0 aliphatic rings. The topological polar surface area (TPSA) is 66.9 Å². The molecule has 0 radical (unpaired) electrons. The molecule has 0 saturated heterocycles. The summed E-state index contributed by atoms with van der Waals surface area (Å²) >= 11 is 12.1. The van der Waals surface area contributed by atoms with Crippen molar-refractivity contribution >= 4 is 40.6 Å². The molecule has 0 bridgehead atoms. The molecular formula is C19H16Cl2N4O. The van der Waals surface area contributed by atoms with Crippen LogP contribution in [0.4, 0.5) is 11.5 Å². The van der Waals surface area contributed by atoms with E-state index in [-0.39, 0.29) is 11.6 Å². The van der Waals surface area contributed by atoms with Crippen molar-refractivity contribution in [2.75, 3.05) is 10.6 Å². The van der Waals surface area contributed by atoms with Crippen LogP contribution < -0.4 is 10.6 Å². The van der Waals surface area contributed by atoms with Crippen LogP contribution in [-0.2, 0) is 6.54 Å². The molecular weight excluding hydrogens is 371 g/mol. The third-order valence-corrected chi connectivity index (χ3v) is 4.17. The Hall–Kier alpha value is -2.63. The monoisotopic (exact) mass is 386 g/mol. The first-order chi connectivity index (χ1) is 12.5. The second-order valence-corrected chi connectivity index (χ2v) is 6.44. The van der Waals surface area contributed by atoms with Crippen LogP contribution >= 0.6 is 23.2 Å². The third kappa shape index (κ3) is 4.71. The third-order valence-electron chi connectivity index (χ3n) is 3.57. The van der Waals surface area contributed by atoms with Crippen LogP contribution in [0.25, 0.3) is 0 Å². The van der Waals surface area contributed by atoms with Crippen LogP contribution in [0.15, 0.2) is 54.6 Å². The zero-order valence-electron chi connectivity index (χ0n) is 14.0. The van der Waals surface area contributed by atoms with Crippen molar-refractivity contribution in [3.8, 4) is 0 Å². The molecule has 132 valence electrons. The fourth-order valence-electron chi connectivity index (χ4n) is 2.36. The number of hydrogen-bond acceptors (Lipinski definition) is 4. The van der Waals surface area contributed by atoms with Gasteiger partial charge in [0.25, 0.3) is 5.91 Å². The maximum Gasteiger partial charge on any atom is 0.274 e. The second kappa shape index (κ2) is 8.17. The Bertz CT molecular complexity index is 946. The minimum atomic E-state index is -0.335. The van der Waals surface area contributed by atoms with Gasteiger partial charge in [0, 0.05) is 28.3 Å². The van der Waals surface area contributed by atoms with Gasteiger partial charge in [-0.2, -0.15) is 0 Å². The number of benzene rings is 2. The van der Waals surface area contributed by atoms with E-state index in [4.69, 9.17) is 23.2 Å². The SMILES string of the molecule is Cc1nc(NCc2ccccc2Cl)cc(C(=O)Nc2cccc(Cl)c2)n1. The van der Waals surface area contributed by atoms with Crippen LogP contribution in [0.3, 0.4) is 0 Å². The molecule has 5 nitrogen and oxygen atoms in total. The van der Waals surface area contributed by atoms with Crippen LogP contribution in [-0.4, -0.2) is 15.9 Å². The van der Waals surface area contributed by atoms with E-state index in [0.29, 0.717) is 33.9 Å². The molecule has 2 N–H and O–H groups in total. The van der Waals surface area contributed by atoms with Crippen LogP contribution in [0.5, 0.6) is 0 Å². The van der Waals surface area contributed by atoms with Gasteiger partial charge in [0.05, 0.1) is 0 Å². The summed E-state index contributed by atoms with van der Waals surface area (Å²) in [4.78, 5) is 21.0. The van der Waals surface area contributed by atoms with Gasteiger partial charge in [-0.05, 0) is 36.8 Å². The number of carbonyl (C=O) groups excluding carboxylic acids is 1. The fraction of sp³-hybridized carbons (Fsp3) is 0.105. The van der Waals surface area contributed by atoms with E-state index < -0.39 is 0 Å². The summed E-state index contributed by atoms with van der Waals surface area (Å²) < 4.78 is 0. The molecule has 7 heteroatoms. The minimum absolute atomic E-state index is 0.263. The van der Waals surface area contributed by atoms with Crippen molar-refractivity contribution in [2.24, 2.45) is 0 Å². The Morgan fingerprint density at radius 1 is 1.04 bits per heavy atom. The molecule has 0 aliphatic carbocycles. The van der Waals surface area contributed by atoms with Gasteiger partial charge in [-0.25, -0.2) is 9.97 Å². The Morgan fingerprint density at radius 2 is 1.85 bits per heavy atom. The number of aryl methyl sites for hydroxylation is 1. The van der Waals surface area contributed by atoms with Gasteiger partial charge >= 0.3 is 0 Å². The van der Waals surface area contributed by atoms with Crippen molar-refractivity contribution in [1.29, 1.82) is 0 Å². The summed E-state index contributed by atoms with van der Waals surface area (Å²) in [7, 11) is 0. The maximum absolute atomic E-state index is 12.5. The first-order valence-corrected chi connectivity index (χ1v) is 8.67. The van der Waals surface area contributed by atoms with Gasteiger partial charge in [-0.15, -0.1) is 0 Å². The summed E-state index contributed by atoms with van der Waals surface area (Å²) in [5, 5.41) is 7.16. The predicted octanol–water partition coefficient (Wildman–Crippen LogP) is 4.96. The average Bonchev–Trinajstić information content (AvgIpc) is 2.60. The highest BCUT2D eigenvalue weighted by Gasteiger charge is 2.11. The zero-order valence-corrected chi connectivity index (χ0v) is 15.5. The summed E-state index contributed by atoms with van der Waals surface area (Å²) in [6, 6.07) is 16.1. The smallest absolute Gasteiger partial charge is 0.274 e. The maximum atomic E-state index is 12.5. The molecule has 0 saturated carbocycles. The number of rotatable bonds is 5. The lowest BCUT2D eigenvalue weighted by Gasteiger charge is -2.10. The summed E-state index contributed by atoms with van der Waals surface area (Å²) in [6.45, 7) is 2.22. The molecule has 0 unspecified atom stereocenters. The highest BCUT2D eigenvalue weighted by Crippen LogP contribution is 2.18. The molecule has 26 heavy (non-hydrogen) atoms. The standard InChI is InChI=1S/C19H16Cl2N4O/c1-12-23-17(19(26)25-15-7-4-6-14(20)9-15)10-18(24-12)22-11-13-5-2-3-8-16(13)21/h2-10H,11H2,1H3,(H,25,26)(H,22,23,24). The van der Waals surface area contributed by atoms with E-state index in [1.807, 2.05) is 24.3 Å². The lowest BCUT2D eigenvalue weighted by molar-refractivity contribution is 0.102. The molecule has 0 atom stereocenters. The number of nitrogens with zero attached hydrogens (tertiary/aromatic N) is 2. The quantitative estimate of drug-likeness (QED) is 0.650. The molecule has 3 aromatic rings. The van der Waals surface area contributed by atoms with Gasteiger partial charge < -0.3 is 10.6 Å². The Kier molecular flexibility index (Phi) is 5.71. The number of hydrogen-bond donors (Lipinski definition) is 2. The van der Waals surface area contributed by atoms with E-state index in [1.54, 1.807) is 37.3 Å². The number of amides is 1. The lowest BCUT2D eigenvalue weighted by atomic mass is 10.2. The Labute approximate surface area is 161 Å². The molecule has 1 amide bonds. The van der Waals surface area contributed by atoms with E-state index in [2.05, 4.69) is 20.6 Å². The molecule has 0 spiro atoms. The van der Waals surface area contributed by atoms with Crippen LogP contribution in [0.2, 0.25) is 10.0 Å². The lowest BCUT2D eigenvalue weighted by Crippen LogP contribution is -2.15. The van der Waals surface area contributed by atoms with E-state index in [0.717, 1.165) is 5.56 Å². The normalized spacial score (nSPS) is 10.4. The highest BCUT2D eigenvalue weighted by molar-refractivity contribution is 6.31. The van der Waals surface area contributed by atoms with Crippen molar-refractivity contribution in [3.05, 3.63) is 81.7 Å². The minimum Gasteiger partial charge on any atom is -0.366 e. The fourth-order valence-corrected chi connectivity index (χ4v) is 2.76. The number of aromatic nitrogens is 2. The largest absolute Gasteiger partial charge is 0.366 e. The molecule has 1 heterocycles. The van der Waals surface area contributed by atoms with Crippen LogP contribution in [0.1, 0.15) is 21.9 Å². The van der Waals surface area contributed by atoms with E-state index >= 15 is 0 Å². The van der Waals surface area contributed by atoms with Gasteiger partial charge in [-0.1, -0.05) is 47.5 Å². The second-order valence-electron chi connectivity index (χ2n) is 5.60. The molecule has 3 rings (SSSR count). The highest BCUT2D eigenvalue weighted by atomic mass is 35.5. The van der Waals surface area contributed by atoms with E-state index in [1.165, 1.54) is 0 Å². The Morgan fingerprint density at radius 3 is 2.62 bits per heavy atom. The summed E-state index contributed by atoms with van der Waals surface area (Å²) in [5.41, 5.74) is 1.80. The molecule has 2 aromatic carbocycles. The number of nitrogens with one attached hydrogen (secondary N) is 2. The summed E-state index contributed by atoms with van der Waals surface area (Å²) in [6.07, 6.45) is 0. The first kappa shape index (κ1) is 18.2. The van der Waals surface area contributed by atoms with Crippen molar-refractivity contribution in [1.82, 2.24) is 9.97 Å². The van der Waals surface area contributed by atoms with E-state index in [9.17, 15) is 4.79 Å². The first-order valence-electron chi connectivity index (χ1n) is 7.91.